The highest BCUT2D eigenvalue weighted by atomic mass is 79.9. The topological polar surface area (TPSA) is 42.0 Å². The maximum Gasteiger partial charge on any atom is 0.226 e. The molecule has 3 nitrogen and oxygen atoms in total. The molecule has 0 aliphatic carbocycles. The van der Waals surface area contributed by atoms with Crippen LogP contribution in [0, 0.1) is 5.82 Å². The number of nitrogens with one attached hydrogen (secondary N) is 1. The van der Waals surface area contributed by atoms with Crippen LogP contribution in [0.2, 0.25) is 0 Å². The van der Waals surface area contributed by atoms with Crippen LogP contribution in [-0.4, -0.2) is 17.4 Å². The predicted molar refractivity (Wildman–Crippen MR) is 102 cm³/mol. The van der Waals surface area contributed by atoms with Crippen molar-refractivity contribution in [1.29, 1.82) is 0 Å². The molecular formula is C19H16BrFN2OS. The van der Waals surface area contributed by atoms with E-state index in [-0.39, 0.29) is 18.1 Å². The van der Waals surface area contributed by atoms with Crippen LogP contribution in [0.4, 0.5) is 4.39 Å². The van der Waals surface area contributed by atoms with Crippen molar-refractivity contribution in [2.75, 3.05) is 6.54 Å². The zero-order valence-corrected chi connectivity index (χ0v) is 15.7. The quantitative estimate of drug-likeness (QED) is 0.634. The summed E-state index contributed by atoms with van der Waals surface area (Å²) in [5.41, 5.74) is 2.79. The van der Waals surface area contributed by atoms with Crippen molar-refractivity contribution in [2.24, 2.45) is 0 Å². The average molecular weight is 419 g/mol. The Morgan fingerprint density at radius 3 is 2.76 bits per heavy atom. The van der Waals surface area contributed by atoms with Crippen molar-refractivity contribution in [3.8, 4) is 10.6 Å². The number of thiazole rings is 1. The third-order valence-corrected chi connectivity index (χ3v) is 5.05. The van der Waals surface area contributed by atoms with Gasteiger partial charge in [0, 0.05) is 22.0 Å². The van der Waals surface area contributed by atoms with Gasteiger partial charge in [0.2, 0.25) is 5.91 Å². The molecule has 0 saturated heterocycles. The van der Waals surface area contributed by atoms with Gasteiger partial charge < -0.3 is 5.32 Å². The molecule has 0 spiro atoms. The number of hydrogen-bond donors (Lipinski definition) is 1. The molecule has 128 valence electrons. The Labute approximate surface area is 158 Å². The summed E-state index contributed by atoms with van der Waals surface area (Å²) < 4.78 is 13.8. The number of hydrogen-bond acceptors (Lipinski definition) is 3. The van der Waals surface area contributed by atoms with Gasteiger partial charge >= 0.3 is 0 Å². The summed E-state index contributed by atoms with van der Waals surface area (Å²) in [4.78, 5) is 16.6. The second-order valence-corrected chi connectivity index (χ2v) is 7.33. The minimum Gasteiger partial charge on any atom is -0.355 e. The lowest BCUT2D eigenvalue weighted by Gasteiger charge is -2.04. The zero-order valence-electron chi connectivity index (χ0n) is 13.3. The highest BCUT2D eigenvalue weighted by Crippen LogP contribution is 2.26. The van der Waals surface area contributed by atoms with Crippen LogP contribution >= 0.6 is 27.3 Å². The minimum absolute atomic E-state index is 0.0618. The summed E-state index contributed by atoms with van der Waals surface area (Å²) in [7, 11) is 0. The van der Waals surface area contributed by atoms with E-state index in [1.165, 1.54) is 23.5 Å². The number of nitrogens with zero attached hydrogens (tertiary/aromatic N) is 1. The lowest BCUT2D eigenvalue weighted by atomic mass is 10.1. The Morgan fingerprint density at radius 1 is 1.20 bits per heavy atom. The third-order valence-electron chi connectivity index (χ3n) is 3.61. The van der Waals surface area contributed by atoms with E-state index in [0.29, 0.717) is 13.0 Å². The zero-order chi connectivity index (χ0) is 17.6. The van der Waals surface area contributed by atoms with E-state index in [9.17, 15) is 9.18 Å². The molecule has 6 heteroatoms. The molecule has 1 N–H and O–H groups in total. The van der Waals surface area contributed by atoms with Gasteiger partial charge in [0.25, 0.3) is 0 Å². The second kappa shape index (κ2) is 8.36. The average Bonchev–Trinajstić information content (AvgIpc) is 3.05. The van der Waals surface area contributed by atoms with E-state index in [1.54, 1.807) is 12.1 Å². The summed E-state index contributed by atoms with van der Waals surface area (Å²) in [6.45, 7) is 0.521. The molecular weight excluding hydrogens is 403 g/mol. The Bertz CT molecular complexity index is 864. The van der Waals surface area contributed by atoms with Crippen LogP contribution in [0.15, 0.2) is 58.4 Å². The van der Waals surface area contributed by atoms with Gasteiger partial charge in [-0.1, -0.05) is 40.2 Å². The number of benzene rings is 2. The fourth-order valence-corrected chi connectivity index (χ4v) is 3.58. The van der Waals surface area contributed by atoms with Crippen LogP contribution in [0.1, 0.15) is 11.3 Å². The van der Waals surface area contributed by atoms with Gasteiger partial charge in [-0.25, -0.2) is 9.37 Å². The van der Waals surface area contributed by atoms with Gasteiger partial charge in [-0.05, 0) is 36.2 Å². The molecule has 0 saturated carbocycles. The number of rotatable bonds is 6. The van der Waals surface area contributed by atoms with Gasteiger partial charge in [-0.3, -0.25) is 4.79 Å². The second-order valence-electron chi connectivity index (χ2n) is 5.56. The van der Waals surface area contributed by atoms with Gasteiger partial charge in [-0.15, -0.1) is 11.3 Å². The molecule has 25 heavy (non-hydrogen) atoms. The van der Waals surface area contributed by atoms with Gasteiger partial charge in [0.1, 0.15) is 10.8 Å². The first-order valence-electron chi connectivity index (χ1n) is 7.81. The molecule has 1 amide bonds. The first-order valence-corrected chi connectivity index (χ1v) is 9.49. The maximum atomic E-state index is 12.8. The van der Waals surface area contributed by atoms with E-state index in [4.69, 9.17) is 0 Å². The highest BCUT2D eigenvalue weighted by Gasteiger charge is 2.09. The van der Waals surface area contributed by atoms with E-state index in [1.807, 2.05) is 29.6 Å². The van der Waals surface area contributed by atoms with Crippen LogP contribution in [0.3, 0.4) is 0 Å². The standard InChI is InChI=1S/C19H16BrFN2OS/c20-15-3-1-2-14(10-15)19-23-17(12-25-19)11-18(24)22-9-8-13-4-6-16(21)7-5-13/h1-7,10,12H,8-9,11H2,(H,22,24). The first kappa shape index (κ1) is 17.8. The number of carbonyl (C=O) groups is 1. The van der Waals surface area contributed by atoms with Crippen LogP contribution in [0.25, 0.3) is 10.6 Å². The lowest BCUT2D eigenvalue weighted by molar-refractivity contribution is -0.120. The smallest absolute Gasteiger partial charge is 0.226 e. The SMILES string of the molecule is O=C(Cc1csc(-c2cccc(Br)c2)n1)NCCc1ccc(F)cc1. The van der Waals surface area contributed by atoms with Crippen molar-refractivity contribution < 1.29 is 9.18 Å². The number of carbonyl (C=O) groups excluding carboxylic acids is 1. The first-order chi connectivity index (χ1) is 12.1. The molecule has 1 heterocycles. The molecule has 0 unspecified atom stereocenters. The van der Waals surface area contributed by atoms with Gasteiger partial charge in [0.05, 0.1) is 12.1 Å². The summed E-state index contributed by atoms with van der Waals surface area (Å²) >= 11 is 4.98. The van der Waals surface area contributed by atoms with Crippen molar-refractivity contribution in [3.05, 3.63) is 75.5 Å². The molecule has 1 aromatic heterocycles. The maximum absolute atomic E-state index is 12.8. The monoisotopic (exact) mass is 418 g/mol. The molecule has 2 aromatic carbocycles. The van der Waals surface area contributed by atoms with Gasteiger partial charge in [0.15, 0.2) is 0 Å². The minimum atomic E-state index is -0.252. The highest BCUT2D eigenvalue weighted by molar-refractivity contribution is 9.10. The largest absolute Gasteiger partial charge is 0.355 e. The molecule has 0 atom stereocenters. The fourth-order valence-electron chi connectivity index (χ4n) is 2.37. The van der Waals surface area contributed by atoms with E-state index in [0.717, 1.165) is 26.3 Å². The Kier molecular flexibility index (Phi) is 5.94. The Balaban J connectivity index is 1.50. The number of amides is 1. The van der Waals surface area contributed by atoms with Crippen LogP contribution in [-0.2, 0) is 17.6 Å². The molecule has 0 bridgehead atoms. The molecule has 3 rings (SSSR count). The predicted octanol–water partition coefficient (Wildman–Crippen LogP) is 4.61. The van der Waals surface area contributed by atoms with E-state index < -0.39 is 0 Å². The number of halogens is 2. The van der Waals surface area contributed by atoms with E-state index in [2.05, 4.69) is 26.2 Å². The summed E-state index contributed by atoms with van der Waals surface area (Å²) in [6, 6.07) is 14.2. The molecule has 3 aromatic rings. The number of aromatic nitrogens is 1. The summed E-state index contributed by atoms with van der Waals surface area (Å²) in [5, 5.41) is 5.69. The van der Waals surface area contributed by atoms with Crippen molar-refractivity contribution in [2.45, 2.75) is 12.8 Å². The Morgan fingerprint density at radius 2 is 2.00 bits per heavy atom. The fraction of sp³-hybridized carbons (Fsp3) is 0.158. The molecule has 0 radical (unpaired) electrons. The summed E-state index contributed by atoms with van der Waals surface area (Å²) in [6.07, 6.45) is 0.931. The molecule has 0 fully saturated rings. The Hall–Kier alpha value is -2.05. The molecule has 0 aliphatic heterocycles. The third kappa shape index (κ3) is 5.21. The van der Waals surface area contributed by atoms with Crippen LogP contribution < -0.4 is 5.32 Å². The van der Waals surface area contributed by atoms with E-state index >= 15 is 0 Å². The molecule has 0 aliphatic rings. The van der Waals surface area contributed by atoms with Crippen molar-refractivity contribution in [3.63, 3.8) is 0 Å². The summed E-state index contributed by atoms with van der Waals surface area (Å²) in [5.74, 6) is -0.314. The van der Waals surface area contributed by atoms with Crippen molar-refractivity contribution in [1.82, 2.24) is 10.3 Å². The normalized spacial score (nSPS) is 10.6. The van der Waals surface area contributed by atoms with Crippen LogP contribution in [0.5, 0.6) is 0 Å². The van der Waals surface area contributed by atoms with Gasteiger partial charge in [-0.2, -0.15) is 0 Å². The lowest BCUT2D eigenvalue weighted by Crippen LogP contribution is -2.27. The van der Waals surface area contributed by atoms with Crippen molar-refractivity contribution >= 4 is 33.2 Å².